The van der Waals surface area contributed by atoms with Crippen LogP contribution in [0.25, 0.3) is 0 Å². The lowest BCUT2D eigenvalue weighted by molar-refractivity contribution is -0.906. The topological polar surface area (TPSA) is 9.23 Å². The van der Waals surface area contributed by atoms with Gasteiger partial charge < -0.3 is 9.22 Å². The largest absolute Gasteiger partial charge is 0.488 e. The summed E-state index contributed by atoms with van der Waals surface area (Å²) >= 11 is 0. The molecule has 0 aromatic heterocycles. The third-order valence-electron chi connectivity index (χ3n) is 3.17. The van der Waals surface area contributed by atoms with E-state index in [1.807, 2.05) is 58.0 Å². The maximum atomic E-state index is 5.69. The average Bonchev–Trinajstić information content (AvgIpc) is 2.52. The first kappa shape index (κ1) is 20.3. The Kier molecular flexibility index (Phi) is 14.3. The number of hydrogen-bond donors (Lipinski definition) is 0. The summed E-state index contributed by atoms with van der Waals surface area (Å²) in [6.07, 6.45) is 0. The van der Waals surface area contributed by atoms with Crippen LogP contribution in [0.2, 0.25) is 0 Å². The van der Waals surface area contributed by atoms with Gasteiger partial charge in [0, 0.05) is 0 Å². The highest BCUT2D eigenvalue weighted by Crippen LogP contribution is 2.09. The lowest BCUT2D eigenvalue weighted by Crippen LogP contribution is -2.46. The highest BCUT2D eigenvalue weighted by molar-refractivity contribution is 5.20. The fraction of sp³-hybridized carbons (Fsp3) is 0.647. The van der Waals surface area contributed by atoms with Gasteiger partial charge in [0.1, 0.15) is 18.9 Å². The van der Waals surface area contributed by atoms with Crippen LogP contribution in [0.15, 0.2) is 30.3 Å². The zero-order valence-corrected chi connectivity index (χ0v) is 14.1. The second kappa shape index (κ2) is 13.4. The van der Waals surface area contributed by atoms with E-state index in [9.17, 15) is 0 Å². The van der Waals surface area contributed by atoms with Crippen molar-refractivity contribution in [2.45, 2.75) is 41.5 Å². The SMILES string of the molecule is CC.CC.CC[N+](C)(CC)CCOc1ccccc1. The number of hydrogen-bond acceptors (Lipinski definition) is 1. The zero-order chi connectivity index (χ0) is 15.1. The molecule has 0 heterocycles. The van der Waals surface area contributed by atoms with Crippen molar-refractivity contribution in [2.24, 2.45) is 0 Å². The van der Waals surface area contributed by atoms with E-state index in [1.165, 1.54) is 0 Å². The van der Waals surface area contributed by atoms with Gasteiger partial charge >= 0.3 is 0 Å². The molecule has 1 aromatic rings. The molecule has 1 aromatic carbocycles. The molecule has 0 radical (unpaired) electrons. The van der Waals surface area contributed by atoms with Gasteiger partial charge in [-0.25, -0.2) is 0 Å². The van der Waals surface area contributed by atoms with Crippen LogP contribution in [0.5, 0.6) is 5.75 Å². The van der Waals surface area contributed by atoms with Crippen molar-refractivity contribution in [3.05, 3.63) is 30.3 Å². The van der Waals surface area contributed by atoms with Crippen molar-refractivity contribution < 1.29 is 9.22 Å². The van der Waals surface area contributed by atoms with Crippen molar-refractivity contribution in [2.75, 3.05) is 33.3 Å². The summed E-state index contributed by atoms with van der Waals surface area (Å²) in [5.74, 6) is 0.969. The maximum Gasteiger partial charge on any atom is 0.137 e. The Balaban J connectivity index is 0. The third-order valence-corrected chi connectivity index (χ3v) is 3.17. The Morgan fingerprint density at radius 2 is 1.37 bits per heavy atom. The van der Waals surface area contributed by atoms with E-state index >= 15 is 0 Å². The standard InChI is InChI=1S/C13H22NO.2C2H6/c1-4-14(3,5-2)11-12-15-13-9-7-6-8-10-13;2*1-2/h6-10H,4-5,11-12H2,1-3H3;2*1-2H3/q+1;;. The molecule has 0 N–H and O–H groups in total. The van der Waals surface area contributed by atoms with Crippen molar-refractivity contribution in [3.63, 3.8) is 0 Å². The van der Waals surface area contributed by atoms with Crippen LogP contribution < -0.4 is 4.74 Å². The molecule has 0 atom stereocenters. The van der Waals surface area contributed by atoms with Gasteiger partial charge in [0.25, 0.3) is 0 Å². The minimum absolute atomic E-state index is 0.794. The first-order valence-corrected chi connectivity index (χ1v) is 7.71. The number of likely N-dealkylation sites (N-methyl/N-ethyl adjacent to an activating group) is 1. The Morgan fingerprint density at radius 3 is 1.79 bits per heavy atom. The van der Waals surface area contributed by atoms with Crippen molar-refractivity contribution >= 4 is 0 Å². The molecule has 0 saturated carbocycles. The minimum atomic E-state index is 0.794. The van der Waals surface area contributed by atoms with Gasteiger partial charge in [0.15, 0.2) is 0 Å². The van der Waals surface area contributed by atoms with E-state index in [1.54, 1.807) is 0 Å². The molecular weight excluding hydrogens is 234 g/mol. The van der Waals surface area contributed by atoms with Crippen LogP contribution >= 0.6 is 0 Å². The Bertz CT molecular complexity index is 268. The first-order valence-electron chi connectivity index (χ1n) is 7.71. The molecule has 0 aliphatic heterocycles. The van der Waals surface area contributed by atoms with Crippen LogP contribution in [0.1, 0.15) is 41.5 Å². The Morgan fingerprint density at radius 1 is 0.895 bits per heavy atom. The monoisotopic (exact) mass is 268 g/mol. The summed E-state index contributed by atoms with van der Waals surface area (Å²) in [6.45, 7) is 16.6. The summed E-state index contributed by atoms with van der Waals surface area (Å²) in [5.41, 5.74) is 0. The van der Waals surface area contributed by atoms with Gasteiger partial charge in [-0.1, -0.05) is 45.9 Å². The van der Waals surface area contributed by atoms with E-state index in [-0.39, 0.29) is 0 Å². The van der Waals surface area contributed by atoms with E-state index in [0.29, 0.717) is 0 Å². The minimum Gasteiger partial charge on any atom is -0.488 e. The number of nitrogens with zero attached hydrogens (tertiary/aromatic N) is 1. The first-order chi connectivity index (χ1) is 9.20. The van der Waals surface area contributed by atoms with Crippen LogP contribution in [-0.4, -0.2) is 37.8 Å². The summed E-state index contributed by atoms with van der Waals surface area (Å²) in [4.78, 5) is 0. The highest BCUT2D eigenvalue weighted by Gasteiger charge is 2.15. The van der Waals surface area contributed by atoms with E-state index in [2.05, 4.69) is 20.9 Å². The van der Waals surface area contributed by atoms with Crippen LogP contribution in [0.4, 0.5) is 0 Å². The summed E-state index contributed by atoms with van der Waals surface area (Å²) < 4.78 is 6.77. The Hall–Kier alpha value is -1.02. The molecule has 0 amide bonds. The normalized spacial score (nSPS) is 9.63. The van der Waals surface area contributed by atoms with Gasteiger partial charge in [-0.15, -0.1) is 0 Å². The van der Waals surface area contributed by atoms with Crippen LogP contribution in [-0.2, 0) is 0 Å². The fourth-order valence-electron chi connectivity index (χ4n) is 1.44. The van der Waals surface area contributed by atoms with Crippen molar-refractivity contribution in [3.8, 4) is 5.75 Å². The lowest BCUT2D eigenvalue weighted by Gasteiger charge is -2.31. The maximum absolute atomic E-state index is 5.69. The predicted molar refractivity (Wildman–Crippen MR) is 86.8 cm³/mol. The molecule has 0 saturated heterocycles. The second-order valence-corrected chi connectivity index (χ2v) is 4.14. The van der Waals surface area contributed by atoms with Gasteiger partial charge in [-0.3, -0.25) is 0 Å². The van der Waals surface area contributed by atoms with Crippen molar-refractivity contribution in [1.29, 1.82) is 0 Å². The molecule has 19 heavy (non-hydrogen) atoms. The number of quaternary nitrogens is 1. The molecule has 0 aliphatic carbocycles. The average molecular weight is 268 g/mol. The highest BCUT2D eigenvalue weighted by atomic mass is 16.5. The third kappa shape index (κ3) is 9.54. The Labute approximate surface area is 121 Å². The van der Waals surface area contributed by atoms with Gasteiger partial charge in [-0.2, -0.15) is 0 Å². The lowest BCUT2D eigenvalue weighted by atomic mass is 10.3. The smallest absolute Gasteiger partial charge is 0.137 e. The summed E-state index contributed by atoms with van der Waals surface area (Å²) in [5, 5.41) is 0. The van der Waals surface area contributed by atoms with Crippen LogP contribution in [0.3, 0.4) is 0 Å². The van der Waals surface area contributed by atoms with Gasteiger partial charge in [-0.05, 0) is 26.0 Å². The number of rotatable bonds is 6. The molecule has 2 nitrogen and oxygen atoms in total. The molecule has 0 spiro atoms. The predicted octanol–water partition coefficient (Wildman–Crippen LogP) is 4.60. The summed E-state index contributed by atoms with van der Waals surface area (Å²) in [6, 6.07) is 10.0. The molecule has 112 valence electrons. The van der Waals surface area contributed by atoms with E-state index in [4.69, 9.17) is 4.74 Å². The quantitative estimate of drug-likeness (QED) is 0.685. The van der Waals surface area contributed by atoms with E-state index in [0.717, 1.165) is 36.5 Å². The van der Waals surface area contributed by atoms with Crippen molar-refractivity contribution in [1.82, 2.24) is 0 Å². The zero-order valence-electron chi connectivity index (χ0n) is 14.1. The van der Waals surface area contributed by atoms with Gasteiger partial charge in [0.05, 0.1) is 20.1 Å². The number of ether oxygens (including phenoxy) is 1. The molecule has 0 fully saturated rings. The van der Waals surface area contributed by atoms with Crippen LogP contribution in [0, 0.1) is 0 Å². The number of para-hydroxylation sites is 1. The molecular formula is C17H34NO+. The molecule has 0 bridgehead atoms. The summed E-state index contributed by atoms with van der Waals surface area (Å²) in [7, 11) is 2.27. The molecule has 2 heteroatoms. The second-order valence-electron chi connectivity index (χ2n) is 4.14. The number of benzene rings is 1. The van der Waals surface area contributed by atoms with E-state index < -0.39 is 0 Å². The fourth-order valence-corrected chi connectivity index (χ4v) is 1.44. The van der Waals surface area contributed by atoms with Gasteiger partial charge in [0.2, 0.25) is 0 Å². The molecule has 1 rings (SSSR count). The molecule has 0 aliphatic rings. The molecule has 0 unspecified atom stereocenters.